The number of nitrogens with one attached hydrogen (secondary N) is 1. The van der Waals surface area contributed by atoms with Crippen LogP contribution in [0.15, 0.2) is 40.8 Å². The van der Waals surface area contributed by atoms with E-state index in [2.05, 4.69) is 15.0 Å². The molecule has 0 radical (unpaired) electrons. The monoisotopic (exact) mass is 509 g/mol. The number of benzene rings is 2. The summed E-state index contributed by atoms with van der Waals surface area (Å²) in [6.07, 6.45) is 2.03. The van der Waals surface area contributed by atoms with Gasteiger partial charge in [0.2, 0.25) is 5.89 Å². The number of oxazole rings is 1. The zero-order chi connectivity index (χ0) is 25.1. The molecule has 1 aromatic heterocycles. The van der Waals surface area contributed by atoms with Gasteiger partial charge in [0.1, 0.15) is 5.82 Å². The number of carbonyl (C=O) groups is 1. The molecule has 1 saturated carbocycles. The van der Waals surface area contributed by atoms with E-state index < -0.39 is 24.4 Å². The molecule has 0 spiro atoms. The van der Waals surface area contributed by atoms with E-state index in [0.717, 1.165) is 18.9 Å². The molecule has 0 aliphatic heterocycles. The highest BCUT2D eigenvalue weighted by Gasteiger charge is 2.26. The van der Waals surface area contributed by atoms with Crippen molar-refractivity contribution >= 4 is 17.5 Å². The van der Waals surface area contributed by atoms with Crippen LogP contribution in [0.1, 0.15) is 47.6 Å². The molecular formula is C24H23ClF3N3O4. The average molecular weight is 510 g/mol. The fourth-order valence-electron chi connectivity index (χ4n) is 3.29. The maximum Gasteiger partial charge on any atom is 0.387 e. The largest absolute Gasteiger partial charge is 0.489 e. The highest BCUT2D eigenvalue weighted by Crippen LogP contribution is 2.37. The highest BCUT2D eigenvalue weighted by molar-refractivity contribution is 6.30. The SMILES string of the molecule is C[C@H](N)c1oc(-c2ccc(OC(F)F)c(OCC3CC3)c2)nc1C(=O)NCc1ccc(Cl)cc1F. The first kappa shape index (κ1) is 24.9. The Hall–Kier alpha value is -3.24. The van der Waals surface area contributed by atoms with Gasteiger partial charge in [-0.25, -0.2) is 9.37 Å². The normalized spacial score (nSPS) is 14.1. The number of amides is 1. The van der Waals surface area contributed by atoms with Crippen molar-refractivity contribution in [2.45, 2.75) is 39.0 Å². The van der Waals surface area contributed by atoms with E-state index in [9.17, 15) is 18.0 Å². The molecule has 1 amide bonds. The Balaban J connectivity index is 1.58. The zero-order valence-electron chi connectivity index (χ0n) is 18.7. The molecule has 1 aliphatic rings. The minimum absolute atomic E-state index is 0.0417. The van der Waals surface area contributed by atoms with Gasteiger partial charge in [0.05, 0.1) is 12.6 Å². The third-order valence-electron chi connectivity index (χ3n) is 5.31. The predicted molar refractivity (Wildman–Crippen MR) is 122 cm³/mol. The van der Waals surface area contributed by atoms with Crippen LogP contribution in [0.25, 0.3) is 11.5 Å². The summed E-state index contributed by atoms with van der Waals surface area (Å²) < 4.78 is 55.7. The second kappa shape index (κ2) is 10.6. The molecule has 1 atom stereocenters. The number of hydrogen-bond donors (Lipinski definition) is 2. The van der Waals surface area contributed by atoms with Crippen molar-refractivity contribution in [2.75, 3.05) is 6.61 Å². The number of nitrogens with two attached hydrogens (primary N) is 1. The lowest BCUT2D eigenvalue weighted by molar-refractivity contribution is -0.0515. The van der Waals surface area contributed by atoms with Gasteiger partial charge in [-0.05, 0) is 56.0 Å². The van der Waals surface area contributed by atoms with Crippen molar-refractivity contribution in [3.8, 4) is 23.0 Å². The summed E-state index contributed by atoms with van der Waals surface area (Å²) in [5.74, 6) is -0.654. The molecule has 1 heterocycles. The number of ether oxygens (including phenoxy) is 2. The Labute approximate surface area is 204 Å². The summed E-state index contributed by atoms with van der Waals surface area (Å²) >= 11 is 5.76. The Morgan fingerprint density at radius 1 is 1.26 bits per heavy atom. The van der Waals surface area contributed by atoms with E-state index in [-0.39, 0.29) is 46.0 Å². The van der Waals surface area contributed by atoms with Gasteiger partial charge in [0, 0.05) is 22.7 Å². The van der Waals surface area contributed by atoms with Crippen molar-refractivity contribution in [1.29, 1.82) is 0 Å². The standard InChI is InChI=1S/C24H23ClF3N3O4/c1-12(29)21-20(22(32)30-10-15-4-6-16(25)9-17(15)26)31-23(35-21)14-5-7-18(34-24(27)28)19(8-14)33-11-13-2-3-13/h4-9,12-13,24H,2-3,10-11,29H2,1H3,(H,30,32)/t12-/m0/s1. The number of hydrogen-bond acceptors (Lipinski definition) is 6. The van der Waals surface area contributed by atoms with Crippen molar-refractivity contribution in [1.82, 2.24) is 10.3 Å². The van der Waals surface area contributed by atoms with E-state index >= 15 is 0 Å². The molecule has 0 unspecified atom stereocenters. The molecule has 4 rings (SSSR count). The van der Waals surface area contributed by atoms with Gasteiger partial charge in [-0.15, -0.1) is 0 Å². The summed E-state index contributed by atoms with van der Waals surface area (Å²) in [5, 5.41) is 2.83. The molecule has 186 valence electrons. The first-order chi connectivity index (χ1) is 16.7. The first-order valence-electron chi connectivity index (χ1n) is 10.9. The Kier molecular flexibility index (Phi) is 7.51. The van der Waals surface area contributed by atoms with E-state index in [1.165, 1.54) is 30.3 Å². The van der Waals surface area contributed by atoms with E-state index in [4.69, 9.17) is 26.5 Å². The van der Waals surface area contributed by atoms with Crippen LogP contribution >= 0.6 is 11.6 Å². The highest BCUT2D eigenvalue weighted by atomic mass is 35.5. The summed E-state index contributed by atoms with van der Waals surface area (Å²) in [7, 11) is 0. The molecule has 2 aromatic carbocycles. The van der Waals surface area contributed by atoms with Gasteiger partial charge < -0.3 is 24.9 Å². The van der Waals surface area contributed by atoms with Crippen LogP contribution in [0, 0.1) is 11.7 Å². The van der Waals surface area contributed by atoms with Crippen molar-refractivity contribution in [3.63, 3.8) is 0 Å². The lowest BCUT2D eigenvalue weighted by Gasteiger charge is -2.12. The van der Waals surface area contributed by atoms with Gasteiger partial charge in [0.15, 0.2) is 23.0 Å². The maximum atomic E-state index is 14.0. The van der Waals surface area contributed by atoms with Gasteiger partial charge in [-0.1, -0.05) is 17.7 Å². The van der Waals surface area contributed by atoms with Crippen molar-refractivity contribution < 1.29 is 31.9 Å². The number of carbonyl (C=O) groups excluding carboxylic acids is 1. The number of halogens is 4. The van der Waals surface area contributed by atoms with Crippen LogP contribution < -0.4 is 20.5 Å². The van der Waals surface area contributed by atoms with E-state index in [1.807, 2.05) is 0 Å². The third kappa shape index (κ3) is 6.26. The molecule has 11 heteroatoms. The zero-order valence-corrected chi connectivity index (χ0v) is 19.4. The predicted octanol–water partition coefficient (Wildman–Crippen LogP) is 5.47. The molecule has 3 aromatic rings. The number of aromatic nitrogens is 1. The average Bonchev–Trinajstić information content (AvgIpc) is 3.52. The minimum Gasteiger partial charge on any atom is -0.489 e. The minimum atomic E-state index is -3.02. The van der Waals surface area contributed by atoms with Crippen LogP contribution in [0.3, 0.4) is 0 Å². The lowest BCUT2D eigenvalue weighted by Crippen LogP contribution is -2.25. The number of rotatable bonds is 10. The lowest BCUT2D eigenvalue weighted by atomic mass is 10.2. The number of alkyl halides is 2. The number of nitrogens with zero attached hydrogens (tertiary/aromatic N) is 1. The molecule has 0 bridgehead atoms. The quantitative estimate of drug-likeness (QED) is 0.376. The third-order valence-corrected chi connectivity index (χ3v) is 5.55. The first-order valence-corrected chi connectivity index (χ1v) is 11.3. The van der Waals surface area contributed by atoms with Gasteiger partial charge in [-0.2, -0.15) is 8.78 Å². The maximum absolute atomic E-state index is 14.0. The van der Waals surface area contributed by atoms with Gasteiger partial charge in [0.25, 0.3) is 5.91 Å². The second-order valence-electron chi connectivity index (χ2n) is 8.23. The fourth-order valence-corrected chi connectivity index (χ4v) is 3.45. The smallest absolute Gasteiger partial charge is 0.387 e. The molecular weight excluding hydrogens is 487 g/mol. The molecule has 7 nitrogen and oxygen atoms in total. The van der Waals surface area contributed by atoms with Crippen molar-refractivity contribution in [3.05, 3.63) is 64.3 Å². The fraction of sp³-hybridized carbons (Fsp3) is 0.333. The van der Waals surface area contributed by atoms with Crippen LogP contribution in [-0.2, 0) is 6.54 Å². The second-order valence-corrected chi connectivity index (χ2v) is 8.67. The molecule has 1 aliphatic carbocycles. The summed E-state index contributed by atoms with van der Waals surface area (Å²) in [6, 6.07) is 7.68. The van der Waals surface area contributed by atoms with E-state index in [0.29, 0.717) is 18.1 Å². The van der Waals surface area contributed by atoms with Crippen LogP contribution in [0.2, 0.25) is 5.02 Å². The summed E-state index contributed by atoms with van der Waals surface area (Å²) in [5.41, 5.74) is 6.51. The summed E-state index contributed by atoms with van der Waals surface area (Å²) in [4.78, 5) is 17.1. The van der Waals surface area contributed by atoms with Crippen LogP contribution in [0.4, 0.5) is 13.2 Å². The van der Waals surface area contributed by atoms with Crippen LogP contribution in [0.5, 0.6) is 11.5 Å². The van der Waals surface area contributed by atoms with Crippen molar-refractivity contribution in [2.24, 2.45) is 11.7 Å². The Morgan fingerprint density at radius 2 is 2.03 bits per heavy atom. The summed E-state index contributed by atoms with van der Waals surface area (Å²) in [6.45, 7) is -1.14. The molecule has 0 saturated heterocycles. The van der Waals surface area contributed by atoms with Gasteiger partial charge >= 0.3 is 6.61 Å². The Bertz CT molecular complexity index is 1210. The molecule has 1 fully saturated rings. The van der Waals surface area contributed by atoms with Gasteiger partial charge in [-0.3, -0.25) is 4.79 Å². The molecule has 35 heavy (non-hydrogen) atoms. The molecule has 3 N–H and O–H groups in total. The Morgan fingerprint density at radius 3 is 2.69 bits per heavy atom. The van der Waals surface area contributed by atoms with Crippen LogP contribution in [-0.4, -0.2) is 24.1 Å². The van der Waals surface area contributed by atoms with E-state index in [1.54, 1.807) is 6.92 Å². The topological polar surface area (TPSA) is 99.6 Å².